The predicted octanol–water partition coefficient (Wildman–Crippen LogP) is 4.89. The number of carbonyl (C=O) groups is 2. The van der Waals surface area contributed by atoms with Crippen molar-refractivity contribution in [2.45, 2.75) is 71.6 Å². The van der Waals surface area contributed by atoms with Crippen LogP contribution in [0.4, 0.5) is 0 Å². The second kappa shape index (κ2) is 14.3. The third kappa shape index (κ3) is 9.59. The van der Waals surface area contributed by atoms with Crippen molar-refractivity contribution in [1.82, 2.24) is 0 Å². The van der Waals surface area contributed by atoms with Gasteiger partial charge in [0.15, 0.2) is 5.92 Å². The minimum absolute atomic E-state index is 0.302. The molecular weight excluding hydrogens is 328 g/mol. The van der Waals surface area contributed by atoms with E-state index in [2.05, 4.69) is 19.9 Å². The van der Waals surface area contributed by atoms with E-state index >= 15 is 0 Å². The lowest BCUT2D eigenvalue weighted by Gasteiger charge is -2.15. The van der Waals surface area contributed by atoms with Crippen molar-refractivity contribution < 1.29 is 19.1 Å². The van der Waals surface area contributed by atoms with Gasteiger partial charge in [0.2, 0.25) is 0 Å². The molecular formula is C22H33O4. The van der Waals surface area contributed by atoms with Crippen LogP contribution >= 0.6 is 0 Å². The molecule has 1 rings (SSSR count). The van der Waals surface area contributed by atoms with Crippen LogP contribution < -0.4 is 0 Å². The highest BCUT2D eigenvalue weighted by Gasteiger charge is 2.30. The van der Waals surface area contributed by atoms with Crippen LogP contribution in [0.3, 0.4) is 0 Å². The summed E-state index contributed by atoms with van der Waals surface area (Å²) >= 11 is 0. The van der Waals surface area contributed by atoms with Gasteiger partial charge in [-0.25, -0.2) is 0 Å². The highest BCUT2D eigenvalue weighted by Crippen LogP contribution is 2.14. The van der Waals surface area contributed by atoms with Crippen LogP contribution in [0.1, 0.15) is 70.8 Å². The maximum absolute atomic E-state index is 12.4. The molecule has 0 atom stereocenters. The van der Waals surface area contributed by atoms with E-state index in [4.69, 9.17) is 9.47 Å². The molecule has 1 aromatic carbocycles. The van der Waals surface area contributed by atoms with Crippen molar-refractivity contribution in [3.63, 3.8) is 0 Å². The summed E-state index contributed by atoms with van der Waals surface area (Å²) in [5.74, 6) is -1.85. The van der Waals surface area contributed by atoms with E-state index in [1.165, 1.54) is 0 Å². The first-order valence-electron chi connectivity index (χ1n) is 9.97. The van der Waals surface area contributed by atoms with Gasteiger partial charge in [0.1, 0.15) is 0 Å². The van der Waals surface area contributed by atoms with Gasteiger partial charge in [-0.2, -0.15) is 0 Å². The minimum Gasteiger partial charge on any atom is -0.465 e. The van der Waals surface area contributed by atoms with Crippen LogP contribution in [0.2, 0.25) is 0 Å². The highest BCUT2D eigenvalue weighted by atomic mass is 16.6. The zero-order valence-corrected chi connectivity index (χ0v) is 16.3. The molecule has 0 unspecified atom stereocenters. The van der Waals surface area contributed by atoms with Crippen LogP contribution in [0.25, 0.3) is 0 Å². The van der Waals surface area contributed by atoms with Gasteiger partial charge in [-0.05, 0) is 30.9 Å². The summed E-state index contributed by atoms with van der Waals surface area (Å²) in [7, 11) is 0. The number of rotatable bonds is 14. The van der Waals surface area contributed by atoms with Gasteiger partial charge in [-0.1, -0.05) is 76.6 Å². The molecule has 0 heterocycles. The normalized spacial score (nSPS) is 10.7. The SMILES string of the molecule is CCCCCCOC(=O)C(Cc1cc[c]cc1)C(=O)OCCCCCC. The molecule has 4 nitrogen and oxygen atoms in total. The topological polar surface area (TPSA) is 52.6 Å². The molecule has 4 heteroatoms. The molecule has 0 saturated carbocycles. The summed E-state index contributed by atoms with van der Waals surface area (Å²) in [5.41, 5.74) is 0.902. The number of ether oxygens (including phenoxy) is 2. The van der Waals surface area contributed by atoms with Gasteiger partial charge in [0.25, 0.3) is 0 Å². The van der Waals surface area contributed by atoms with Crippen molar-refractivity contribution in [2.75, 3.05) is 13.2 Å². The number of benzene rings is 1. The highest BCUT2D eigenvalue weighted by molar-refractivity contribution is 5.95. The Morgan fingerprint density at radius 2 is 1.35 bits per heavy atom. The second-order valence-corrected chi connectivity index (χ2v) is 6.62. The summed E-state index contributed by atoms with van der Waals surface area (Å²) in [6.45, 7) is 5.00. The molecule has 145 valence electrons. The van der Waals surface area contributed by atoms with E-state index in [1.54, 1.807) is 12.1 Å². The van der Waals surface area contributed by atoms with Crippen molar-refractivity contribution in [1.29, 1.82) is 0 Å². The zero-order chi connectivity index (χ0) is 19.0. The van der Waals surface area contributed by atoms with Crippen molar-refractivity contribution >= 4 is 11.9 Å². The summed E-state index contributed by atoms with van der Waals surface area (Å²) in [6, 6.07) is 10.2. The average Bonchev–Trinajstić information content (AvgIpc) is 2.66. The van der Waals surface area contributed by atoms with E-state index < -0.39 is 17.9 Å². The van der Waals surface area contributed by atoms with Crippen molar-refractivity contribution in [3.8, 4) is 0 Å². The monoisotopic (exact) mass is 361 g/mol. The van der Waals surface area contributed by atoms with Gasteiger partial charge in [0.05, 0.1) is 13.2 Å². The van der Waals surface area contributed by atoms with Crippen molar-refractivity contribution in [3.05, 3.63) is 35.9 Å². The van der Waals surface area contributed by atoms with Crippen molar-refractivity contribution in [2.24, 2.45) is 5.92 Å². The lowest BCUT2D eigenvalue weighted by atomic mass is 9.99. The van der Waals surface area contributed by atoms with Gasteiger partial charge in [-0.3, -0.25) is 9.59 Å². The zero-order valence-electron chi connectivity index (χ0n) is 16.3. The van der Waals surface area contributed by atoms with Gasteiger partial charge in [0, 0.05) is 0 Å². The van der Waals surface area contributed by atoms with E-state index in [-0.39, 0.29) is 0 Å². The van der Waals surface area contributed by atoms with Crippen LogP contribution in [-0.4, -0.2) is 25.2 Å². The molecule has 0 saturated heterocycles. The lowest BCUT2D eigenvalue weighted by Crippen LogP contribution is -2.30. The smallest absolute Gasteiger partial charge is 0.320 e. The Morgan fingerprint density at radius 3 is 1.81 bits per heavy atom. The second-order valence-electron chi connectivity index (χ2n) is 6.62. The molecule has 0 spiro atoms. The summed E-state index contributed by atoms with van der Waals surface area (Å²) in [5, 5.41) is 0. The standard InChI is InChI=1S/C22H33O4/c1-3-5-7-12-16-25-21(23)20(18-19-14-10-9-11-15-19)22(24)26-17-13-8-6-4-2/h10-11,14-15,20H,3-8,12-13,16-18H2,1-2H3. The van der Waals surface area contributed by atoms with Crippen LogP contribution in [-0.2, 0) is 25.5 Å². The maximum Gasteiger partial charge on any atom is 0.320 e. The number of hydrogen-bond donors (Lipinski definition) is 0. The summed E-state index contributed by atoms with van der Waals surface area (Å²) in [6.07, 6.45) is 8.55. The first-order valence-corrected chi connectivity index (χ1v) is 9.97. The van der Waals surface area contributed by atoms with Crippen LogP contribution in [0.15, 0.2) is 24.3 Å². The Bertz CT molecular complexity index is 472. The largest absolute Gasteiger partial charge is 0.465 e. The number of esters is 2. The third-order valence-corrected chi connectivity index (χ3v) is 4.28. The molecule has 0 bridgehead atoms. The summed E-state index contributed by atoms with van der Waals surface area (Å²) < 4.78 is 10.7. The first kappa shape index (κ1) is 22.2. The number of carbonyl (C=O) groups excluding carboxylic acids is 2. The Kier molecular flexibility index (Phi) is 12.2. The predicted molar refractivity (Wildman–Crippen MR) is 103 cm³/mol. The molecule has 0 aliphatic heterocycles. The number of hydrogen-bond acceptors (Lipinski definition) is 4. The Morgan fingerprint density at radius 1 is 0.846 bits per heavy atom. The molecule has 1 aromatic rings. The molecule has 0 N–H and O–H groups in total. The van der Waals surface area contributed by atoms with E-state index in [0.29, 0.717) is 19.6 Å². The van der Waals surface area contributed by atoms with Gasteiger partial charge < -0.3 is 9.47 Å². The average molecular weight is 362 g/mol. The Labute approximate surface area is 158 Å². The van der Waals surface area contributed by atoms with E-state index in [0.717, 1.165) is 56.9 Å². The fourth-order valence-electron chi connectivity index (χ4n) is 2.66. The van der Waals surface area contributed by atoms with E-state index in [9.17, 15) is 9.59 Å². The van der Waals surface area contributed by atoms with Crippen LogP contribution in [0, 0.1) is 12.0 Å². The Balaban J connectivity index is 2.54. The minimum atomic E-state index is -0.894. The molecule has 0 aliphatic carbocycles. The van der Waals surface area contributed by atoms with Crippen LogP contribution in [0.5, 0.6) is 0 Å². The lowest BCUT2D eigenvalue weighted by molar-refractivity contribution is -0.162. The fourth-order valence-corrected chi connectivity index (χ4v) is 2.66. The van der Waals surface area contributed by atoms with Gasteiger partial charge >= 0.3 is 11.9 Å². The molecule has 0 fully saturated rings. The maximum atomic E-state index is 12.4. The van der Waals surface area contributed by atoms with Gasteiger partial charge in [-0.15, -0.1) is 0 Å². The third-order valence-electron chi connectivity index (χ3n) is 4.28. The molecule has 0 aromatic heterocycles. The molecule has 0 aliphatic rings. The Hall–Kier alpha value is -1.84. The molecule has 0 amide bonds. The first-order chi connectivity index (χ1) is 12.7. The molecule has 1 radical (unpaired) electrons. The fraction of sp³-hybridized carbons (Fsp3) is 0.636. The quantitative estimate of drug-likeness (QED) is 0.269. The number of unbranched alkanes of at least 4 members (excludes halogenated alkanes) is 6. The summed E-state index contributed by atoms with van der Waals surface area (Å²) in [4.78, 5) is 24.9. The molecule has 26 heavy (non-hydrogen) atoms. The van der Waals surface area contributed by atoms with E-state index in [1.807, 2.05) is 12.1 Å².